The molecule has 0 aliphatic carbocycles. The molecule has 0 saturated heterocycles. The molecule has 1 rings (SSSR count). The van der Waals surface area contributed by atoms with E-state index in [1.165, 1.54) is 6.07 Å². The molecule has 0 saturated carbocycles. The molecule has 0 aliphatic rings. The molecule has 3 heteroatoms. The highest BCUT2D eigenvalue weighted by Crippen LogP contribution is 2.15. The van der Waals surface area contributed by atoms with E-state index in [2.05, 4.69) is 0 Å². The van der Waals surface area contributed by atoms with Gasteiger partial charge in [0.1, 0.15) is 18.2 Å². The average molecular weight is 197 g/mol. The smallest absolute Gasteiger partial charge is 0.129 e. The van der Waals surface area contributed by atoms with Crippen molar-refractivity contribution < 1.29 is 9.13 Å². The number of aryl methyl sites for hydroxylation is 1. The normalized spacial score (nSPS) is 10.6. The van der Waals surface area contributed by atoms with E-state index in [1.807, 2.05) is 19.0 Å². The Balaban J connectivity index is 2.47. The van der Waals surface area contributed by atoms with Crippen LogP contribution in [0.2, 0.25) is 0 Å². The second kappa shape index (κ2) is 4.96. The van der Waals surface area contributed by atoms with Gasteiger partial charge in [-0.1, -0.05) is 6.07 Å². The molecule has 1 aromatic carbocycles. The van der Waals surface area contributed by atoms with E-state index in [0.717, 1.165) is 6.54 Å². The van der Waals surface area contributed by atoms with E-state index < -0.39 is 0 Å². The Labute approximate surface area is 84.3 Å². The summed E-state index contributed by atoms with van der Waals surface area (Å²) in [7, 11) is 3.94. The minimum absolute atomic E-state index is 0.215. The van der Waals surface area contributed by atoms with Gasteiger partial charge in [0.15, 0.2) is 0 Å². The molecule has 0 bridgehead atoms. The molecule has 0 amide bonds. The SMILES string of the molecule is Cc1ccc(OCCN(C)C)cc1F. The van der Waals surface area contributed by atoms with E-state index >= 15 is 0 Å². The summed E-state index contributed by atoms with van der Waals surface area (Å²) in [5, 5.41) is 0. The van der Waals surface area contributed by atoms with E-state index in [0.29, 0.717) is 17.9 Å². The van der Waals surface area contributed by atoms with Crippen LogP contribution in [0.4, 0.5) is 4.39 Å². The number of likely N-dealkylation sites (N-methyl/N-ethyl adjacent to an activating group) is 1. The van der Waals surface area contributed by atoms with Gasteiger partial charge in [-0.25, -0.2) is 4.39 Å². The number of hydrogen-bond acceptors (Lipinski definition) is 2. The van der Waals surface area contributed by atoms with Crippen molar-refractivity contribution in [2.45, 2.75) is 6.92 Å². The number of halogens is 1. The molecule has 0 atom stereocenters. The summed E-state index contributed by atoms with van der Waals surface area (Å²) in [5.74, 6) is 0.377. The molecule has 0 N–H and O–H groups in total. The van der Waals surface area contributed by atoms with Crippen molar-refractivity contribution in [1.29, 1.82) is 0 Å². The first-order valence-corrected chi connectivity index (χ1v) is 4.63. The van der Waals surface area contributed by atoms with Crippen molar-refractivity contribution in [1.82, 2.24) is 4.90 Å². The van der Waals surface area contributed by atoms with Crippen LogP contribution in [0.3, 0.4) is 0 Å². The first-order chi connectivity index (χ1) is 6.59. The third-order valence-corrected chi connectivity index (χ3v) is 1.95. The molecule has 0 heterocycles. The lowest BCUT2D eigenvalue weighted by Crippen LogP contribution is -2.19. The Morgan fingerprint density at radius 1 is 1.36 bits per heavy atom. The number of rotatable bonds is 4. The second-order valence-electron chi connectivity index (χ2n) is 3.56. The third kappa shape index (κ3) is 3.34. The van der Waals surface area contributed by atoms with Crippen molar-refractivity contribution in [3.63, 3.8) is 0 Å². The maximum absolute atomic E-state index is 13.1. The number of ether oxygens (including phenoxy) is 1. The van der Waals surface area contributed by atoms with Gasteiger partial charge in [0.25, 0.3) is 0 Å². The van der Waals surface area contributed by atoms with Crippen LogP contribution in [0.1, 0.15) is 5.56 Å². The summed E-state index contributed by atoms with van der Waals surface area (Å²) in [6.07, 6.45) is 0. The Kier molecular flexibility index (Phi) is 3.89. The molecule has 0 aliphatic heterocycles. The quantitative estimate of drug-likeness (QED) is 0.732. The molecular formula is C11H16FNO. The number of hydrogen-bond donors (Lipinski definition) is 0. The van der Waals surface area contributed by atoms with Gasteiger partial charge < -0.3 is 9.64 Å². The highest BCUT2D eigenvalue weighted by Gasteiger charge is 1.99. The predicted molar refractivity (Wildman–Crippen MR) is 55.2 cm³/mol. The summed E-state index contributed by atoms with van der Waals surface area (Å²) in [5.41, 5.74) is 0.643. The van der Waals surface area contributed by atoms with Gasteiger partial charge in [0.05, 0.1) is 0 Å². The van der Waals surface area contributed by atoms with Crippen molar-refractivity contribution in [3.05, 3.63) is 29.6 Å². The lowest BCUT2D eigenvalue weighted by atomic mass is 10.2. The van der Waals surface area contributed by atoms with Gasteiger partial charge in [-0.05, 0) is 32.6 Å². The van der Waals surface area contributed by atoms with Crippen LogP contribution >= 0.6 is 0 Å². The van der Waals surface area contributed by atoms with Gasteiger partial charge in [-0.15, -0.1) is 0 Å². The zero-order valence-corrected chi connectivity index (χ0v) is 8.88. The molecule has 0 radical (unpaired) electrons. The molecule has 2 nitrogen and oxygen atoms in total. The van der Waals surface area contributed by atoms with Gasteiger partial charge >= 0.3 is 0 Å². The molecule has 0 spiro atoms. The fourth-order valence-corrected chi connectivity index (χ4v) is 1.01. The summed E-state index contributed by atoms with van der Waals surface area (Å²) >= 11 is 0. The minimum Gasteiger partial charge on any atom is -0.492 e. The molecule has 0 unspecified atom stereocenters. The highest BCUT2D eigenvalue weighted by molar-refractivity contribution is 5.27. The number of nitrogens with zero attached hydrogens (tertiary/aromatic N) is 1. The first kappa shape index (κ1) is 11.0. The fourth-order valence-electron chi connectivity index (χ4n) is 1.01. The lowest BCUT2D eigenvalue weighted by Gasteiger charge is -2.11. The summed E-state index contributed by atoms with van der Waals surface area (Å²) in [6, 6.07) is 4.93. The van der Waals surface area contributed by atoms with Crippen LogP contribution < -0.4 is 4.74 Å². The Bertz CT molecular complexity index is 299. The minimum atomic E-state index is -0.215. The lowest BCUT2D eigenvalue weighted by molar-refractivity contribution is 0.260. The van der Waals surface area contributed by atoms with E-state index in [1.54, 1.807) is 19.1 Å². The Morgan fingerprint density at radius 2 is 2.07 bits per heavy atom. The predicted octanol–water partition coefficient (Wildman–Crippen LogP) is 2.07. The monoisotopic (exact) mass is 197 g/mol. The Hall–Kier alpha value is -1.09. The van der Waals surface area contributed by atoms with Crippen LogP contribution in [0, 0.1) is 12.7 Å². The van der Waals surface area contributed by atoms with Crippen molar-refractivity contribution in [2.24, 2.45) is 0 Å². The molecule has 14 heavy (non-hydrogen) atoms. The van der Waals surface area contributed by atoms with Crippen LogP contribution in [0.15, 0.2) is 18.2 Å². The van der Waals surface area contributed by atoms with Crippen LogP contribution in [-0.2, 0) is 0 Å². The second-order valence-corrected chi connectivity index (χ2v) is 3.56. The van der Waals surface area contributed by atoms with Gasteiger partial charge in [-0.3, -0.25) is 0 Å². The topological polar surface area (TPSA) is 12.5 Å². The first-order valence-electron chi connectivity index (χ1n) is 4.63. The van der Waals surface area contributed by atoms with Crippen LogP contribution in [0.25, 0.3) is 0 Å². The van der Waals surface area contributed by atoms with Crippen molar-refractivity contribution in [2.75, 3.05) is 27.2 Å². The van der Waals surface area contributed by atoms with Gasteiger partial charge in [0, 0.05) is 12.6 Å². The summed E-state index contributed by atoms with van der Waals surface area (Å²) in [6.45, 7) is 3.14. The standard InChI is InChI=1S/C11H16FNO/c1-9-4-5-10(8-11(9)12)14-7-6-13(2)3/h4-5,8H,6-7H2,1-3H3. The van der Waals surface area contributed by atoms with E-state index in [9.17, 15) is 4.39 Å². The summed E-state index contributed by atoms with van der Waals surface area (Å²) < 4.78 is 18.4. The van der Waals surface area contributed by atoms with E-state index in [4.69, 9.17) is 4.74 Å². The Morgan fingerprint density at radius 3 is 2.64 bits per heavy atom. The number of benzene rings is 1. The van der Waals surface area contributed by atoms with E-state index in [-0.39, 0.29) is 5.82 Å². The maximum atomic E-state index is 13.1. The van der Waals surface area contributed by atoms with Gasteiger partial charge in [-0.2, -0.15) is 0 Å². The summed E-state index contributed by atoms with van der Waals surface area (Å²) in [4.78, 5) is 2.02. The van der Waals surface area contributed by atoms with Crippen molar-refractivity contribution >= 4 is 0 Å². The maximum Gasteiger partial charge on any atom is 0.129 e. The third-order valence-electron chi connectivity index (χ3n) is 1.95. The molecular weight excluding hydrogens is 181 g/mol. The molecule has 0 aromatic heterocycles. The molecule has 1 aromatic rings. The molecule has 0 fully saturated rings. The van der Waals surface area contributed by atoms with Crippen molar-refractivity contribution in [3.8, 4) is 5.75 Å². The largest absolute Gasteiger partial charge is 0.492 e. The van der Waals surface area contributed by atoms with Gasteiger partial charge in [0.2, 0.25) is 0 Å². The fraction of sp³-hybridized carbons (Fsp3) is 0.455. The molecule has 78 valence electrons. The highest BCUT2D eigenvalue weighted by atomic mass is 19.1. The zero-order chi connectivity index (χ0) is 10.6. The van der Waals surface area contributed by atoms with Crippen LogP contribution in [0.5, 0.6) is 5.75 Å². The zero-order valence-electron chi connectivity index (χ0n) is 8.88. The van der Waals surface area contributed by atoms with Crippen LogP contribution in [-0.4, -0.2) is 32.1 Å². The average Bonchev–Trinajstić information content (AvgIpc) is 2.10.